The van der Waals surface area contributed by atoms with Crippen LogP contribution in [0.3, 0.4) is 0 Å². The fourth-order valence-corrected chi connectivity index (χ4v) is 4.38. The van der Waals surface area contributed by atoms with Crippen molar-refractivity contribution in [2.75, 3.05) is 10.2 Å². The average molecular weight is 473 g/mol. The normalized spacial score (nSPS) is 15.5. The molecule has 1 amide bonds. The Morgan fingerprint density at radius 2 is 1.88 bits per heavy atom. The summed E-state index contributed by atoms with van der Waals surface area (Å²) in [6.07, 6.45) is 5.75. The van der Waals surface area contributed by atoms with E-state index >= 15 is 0 Å². The summed E-state index contributed by atoms with van der Waals surface area (Å²) in [5.74, 6) is -0.428. The lowest BCUT2D eigenvalue weighted by atomic mass is 9.97. The number of alkyl halides is 3. The molecule has 1 atom stereocenters. The highest BCUT2D eigenvalue weighted by molar-refractivity contribution is 6.20. The van der Waals surface area contributed by atoms with Crippen molar-refractivity contribution in [3.63, 3.8) is 0 Å². The summed E-state index contributed by atoms with van der Waals surface area (Å²) >= 11 is 4.79. The number of nitrogens with one attached hydrogen (secondary N) is 1. The first-order valence-electron chi connectivity index (χ1n) is 10.5. The minimum absolute atomic E-state index is 0.111. The van der Waals surface area contributed by atoms with Crippen molar-refractivity contribution in [3.8, 4) is 16.9 Å². The van der Waals surface area contributed by atoms with Crippen LogP contribution in [0.2, 0.25) is 0 Å². The molecule has 1 aliphatic rings. The molecule has 0 aliphatic carbocycles. The summed E-state index contributed by atoms with van der Waals surface area (Å²) in [4.78, 5) is 23.7. The van der Waals surface area contributed by atoms with Gasteiger partial charge < -0.3 is 15.0 Å². The lowest BCUT2D eigenvalue weighted by Gasteiger charge is -2.31. The van der Waals surface area contributed by atoms with Crippen molar-refractivity contribution < 1.29 is 18.3 Å². The zero-order chi connectivity index (χ0) is 23.8. The van der Waals surface area contributed by atoms with Crippen LogP contribution < -0.4 is 15.0 Å². The van der Waals surface area contributed by atoms with Crippen molar-refractivity contribution in [2.24, 2.45) is 0 Å². The Morgan fingerprint density at radius 3 is 2.48 bits per heavy atom. The molecular formula is C24H23ClF2N4O2. The van der Waals surface area contributed by atoms with Gasteiger partial charge in [0.05, 0.1) is 0 Å². The number of rotatable bonds is 6. The first-order chi connectivity index (χ1) is 15.6. The second-order valence-electron chi connectivity index (χ2n) is 8.24. The van der Waals surface area contributed by atoms with Gasteiger partial charge in [0.2, 0.25) is 0 Å². The molecule has 0 radical (unpaired) electrons. The van der Waals surface area contributed by atoms with Crippen molar-refractivity contribution >= 4 is 28.9 Å². The van der Waals surface area contributed by atoms with Crippen molar-refractivity contribution in [1.29, 1.82) is 0 Å². The molecule has 0 saturated carbocycles. The van der Waals surface area contributed by atoms with E-state index in [1.165, 1.54) is 30.6 Å². The number of fused-ring (bicyclic) bond motifs is 1. The van der Waals surface area contributed by atoms with Crippen LogP contribution in [0, 0.1) is 0 Å². The minimum atomic E-state index is -3.80. The van der Waals surface area contributed by atoms with Crippen LogP contribution in [0.4, 0.5) is 20.2 Å². The molecule has 0 spiro atoms. The minimum Gasteiger partial charge on any atom is -0.420 e. The highest BCUT2D eigenvalue weighted by Gasteiger charge is 2.32. The predicted octanol–water partition coefficient (Wildman–Crippen LogP) is 5.72. The summed E-state index contributed by atoms with van der Waals surface area (Å²) in [5.41, 5.74) is 1.01. The number of carbonyl (C=O) groups is 1. The van der Waals surface area contributed by atoms with Gasteiger partial charge in [0.25, 0.3) is 5.91 Å². The molecule has 1 N–H and O–H groups in total. The maximum atomic E-state index is 13.1. The molecule has 2 aromatic carbocycles. The molecule has 172 valence electrons. The quantitative estimate of drug-likeness (QED) is 0.464. The summed E-state index contributed by atoms with van der Waals surface area (Å²) in [5, 5.41) is 2.80. The van der Waals surface area contributed by atoms with E-state index in [0.29, 0.717) is 11.3 Å². The van der Waals surface area contributed by atoms with E-state index in [2.05, 4.69) is 45.7 Å². The first-order valence-corrected chi connectivity index (χ1v) is 10.9. The molecular weight excluding hydrogens is 450 g/mol. The van der Waals surface area contributed by atoms with E-state index in [9.17, 15) is 13.6 Å². The standard InChI is InChI=1S/C24H23ClF2N4O2/c1-14(2)31-15(3)8-16-9-17(10-21(22(16)31)18-11-28-13-29-12-18)23(32)30-19-4-6-20(7-5-19)33-24(25,26)27/h4-7,9-15H,8H2,1-3H3,(H,30,32). The number of nitrogens with zero attached hydrogens (tertiary/aromatic N) is 3. The van der Waals surface area contributed by atoms with Crippen LogP contribution in [0.25, 0.3) is 11.1 Å². The molecule has 9 heteroatoms. The van der Waals surface area contributed by atoms with Gasteiger partial charge in [-0.15, -0.1) is 8.78 Å². The van der Waals surface area contributed by atoms with Gasteiger partial charge in [0, 0.05) is 64.1 Å². The Hall–Kier alpha value is -3.26. The second kappa shape index (κ2) is 8.94. The van der Waals surface area contributed by atoms with Crippen LogP contribution in [-0.4, -0.2) is 33.5 Å². The van der Waals surface area contributed by atoms with Crippen LogP contribution in [0.15, 0.2) is 55.1 Å². The van der Waals surface area contributed by atoms with E-state index in [-0.39, 0.29) is 23.7 Å². The predicted molar refractivity (Wildman–Crippen MR) is 124 cm³/mol. The molecule has 1 aromatic heterocycles. The van der Waals surface area contributed by atoms with Crippen LogP contribution in [0.1, 0.15) is 36.7 Å². The smallest absolute Gasteiger partial charge is 0.420 e. The monoisotopic (exact) mass is 472 g/mol. The zero-order valence-corrected chi connectivity index (χ0v) is 19.1. The van der Waals surface area contributed by atoms with Crippen molar-refractivity contribution in [3.05, 3.63) is 66.2 Å². The summed E-state index contributed by atoms with van der Waals surface area (Å²) in [7, 11) is 0. The number of benzene rings is 2. The highest BCUT2D eigenvalue weighted by Crippen LogP contribution is 2.42. The molecule has 6 nitrogen and oxygen atoms in total. The maximum Gasteiger partial charge on any atom is 0.487 e. The fraction of sp³-hybridized carbons (Fsp3) is 0.292. The fourth-order valence-electron chi connectivity index (χ4n) is 4.29. The molecule has 1 aliphatic heterocycles. The SMILES string of the molecule is CC(C)N1c2c(cc(C(=O)Nc3ccc(OC(F)(F)Cl)cc3)cc2-c2cncnc2)CC1C. The molecule has 2 heterocycles. The summed E-state index contributed by atoms with van der Waals surface area (Å²) < 4.78 is 29.9. The van der Waals surface area contributed by atoms with Gasteiger partial charge in [-0.25, -0.2) is 9.97 Å². The van der Waals surface area contributed by atoms with Crippen molar-refractivity contribution in [1.82, 2.24) is 9.97 Å². The number of aromatic nitrogens is 2. The lowest BCUT2D eigenvalue weighted by molar-refractivity contribution is -0.0964. The van der Waals surface area contributed by atoms with Gasteiger partial charge in [-0.3, -0.25) is 4.79 Å². The average Bonchev–Trinajstić information content (AvgIpc) is 3.10. The highest BCUT2D eigenvalue weighted by atomic mass is 35.5. The van der Waals surface area contributed by atoms with Crippen LogP contribution in [0.5, 0.6) is 5.75 Å². The number of carbonyl (C=O) groups excluding carboxylic acids is 1. The molecule has 3 aromatic rings. The van der Waals surface area contributed by atoms with Crippen molar-refractivity contribution in [2.45, 2.75) is 44.8 Å². The number of hydrogen-bond acceptors (Lipinski definition) is 5. The van der Waals surface area contributed by atoms with Gasteiger partial charge >= 0.3 is 5.57 Å². The Labute approximate surface area is 195 Å². The second-order valence-corrected chi connectivity index (χ2v) is 8.68. The van der Waals surface area contributed by atoms with Gasteiger partial charge in [0.1, 0.15) is 12.1 Å². The first kappa shape index (κ1) is 22.9. The molecule has 33 heavy (non-hydrogen) atoms. The summed E-state index contributed by atoms with van der Waals surface area (Å²) in [6.45, 7) is 6.45. The van der Waals surface area contributed by atoms with E-state index in [1.807, 2.05) is 12.1 Å². The molecule has 1 unspecified atom stereocenters. The summed E-state index contributed by atoms with van der Waals surface area (Å²) in [6, 6.07) is 9.87. The molecule has 0 saturated heterocycles. The van der Waals surface area contributed by atoms with Gasteiger partial charge in [-0.2, -0.15) is 0 Å². The van der Waals surface area contributed by atoms with Crippen LogP contribution in [-0.2, 0) is 6.42 Å². The third-order valence-corrected chi connectivity index (χ3v) is 5.55. The number of hydrogen-bond donors (Lipinski definition) is 1. The molecule has 0 bridgehead atoms. The third kappa shape index (κ3) is 5.06. The lowest BCUT2D eigenvalue weighted by Crippen LogP contribution is -2.35. The third-order valence-electron chi connectivity index (χ3n) is 5.47. The molecule has 4 rings (SSSR count). The molecule has 0 fully saturated rings. The topological polar surface area (TPSA) is 67.4 Å². The van der Waals surface area contributed by atoms with E-state index in [0.717, 1.165) is 28.8 Å². The maximum absolute atomic E-state index is 13.1. The Bertz CT molecular complexity index is 1150. The van der Waals surface area contributed by atoms with E-state index in [4.69, 9.17) is 11.6 Å². The largest absolute Gasteiger partial charge is 0.487 e. The number of ether oxygens (including phenoxy) is 1. The number of halogens is 3. The number of amides is 1. The Kier molecular flexibility index (Phi) is 6.21. The van der Waals surface area contributed by atoms with Gasteiger partial charge in [-0.1, -0.05) is 0 Å². The Balaban J connectivity index is 1.66. The van der Waals surface area contributed by atoms with Crippen LogP contribution >= 0.6 is 11.6 Å². The van der Waals surface area contributed by atoms with Gasteiger partial charge in [0.15, 0.2) is 0 Å². The van der Waals surface area contributed by atoms with Gasteiger partial charge in [-0.05, 0) is 69.2 Å². The Morgan fingerprint density at radius 1 is 1.21 bits per heavy atom. The zero-order valence-electron chi connectivity index (χ0n) is 18.3. The number of anilines is 2. The van der Waals surface area contributed by atoms with E-state index in [1.54, 1.807) is 12.4 Å². The van der Waals surface area contributed by atoms with E-state index < -0.39 is 5.57 Å².